The van der Waals surface area contributed by atoms with Crippen LogP contribution in [-0.2, 0) is 4.79 Å². The molecule has 0 aliphatic rings. The van der Waals surface area contributed by atoms with Crippen molar-refractivity contribution in [2.75, 3.05) is 18.2 Å². The number of amides is 2. The standard InChI is InChI=1S/C31H25ClN2O4S/c1-38-25-16-14-21(15-17-25)29(35)20-39-26-12-7-11-24(19-26)33-31(37)28(18-23-10-5-6-13-27(23)32)34-30(36)22-8-3-2-4-9-22/h2-19H,20H2,1H3,(H,33,37)(H,34,36)/b28-18-. The first-order valence-corrected chi connectivity index (χ1v) is 13.3. The molecule has 4 rings (SSSR count). The van der Waals surface area contributed by atoms with Crippen molar-refractivity contribution in [3.8, 4) is 5.75 Å². The number of carbonyl (C=O) groups excluding carboxylic acids is 3. The van der Waals surface area contributed by atoms with E-state index in [2.05, 4.69) is 10.6 Å². The Bertz CT molecular complexity index is 1500. The molecule has 8 heteroatoms. The number of carbonyl (C=O) groups is 3. The second-order valence-electron chi connectivity index (χ2n) is 8.32. The number of nitrogens with one attached hydrogen (secondary N) is 2. The van der Waals surface area contributed by atoms with Crippen LogP contribution in [0.15, 0.2) is 114 Å². The molecule has 0 unspecified atom stereocenters. The maximum absolute atomic E-state index is 13.3. The largest absolute Gasteiger partial charge is 0.497 e. The monoisotopic (exact) mass is 556 g/mol. The van der Waals surface area contributed by atoms with Crippen LogP contribution >= 0.6 is 23.4 Å². The van der Waals surface area contributed by atoms with Gasteiger partial charge in [0.25, 0.3) is 11.8 Å². The minimum absolute atomic E-state index is 0.0225. The molecule has 0 atom stereocenters. The topological polar surface area (TPSA) is 84.5 Å². The fourth-order valence-corrected chi connectivity index (χ4v) is 4.60. The second kappa shape index (κ2) is 13.5. The van der Waals surface area contributed by atoms with E-state index >= 15 is 0 Å². The predicted molar refractivity (Wildman–Crippen MR) is 156 cm³/mol. The highest BCUT2D eigenvalue weighted by Gasteiger charge is 2.16. The van der Waals surface area contributed by atoms with E-state index < -0.39 is 11.8 Å². The Balaban J connectivity index is 1.48. The van der Waals surface area contributed by atoms with Gasteiger partial charge in [-0.25, -0.2) is 0 Å². The summed E-state index contributed by atoms with van der Waals surface area (Å²) in [6, 6.07) is 29.8. The zero-order chi connectivity index (χ0) is 27.6. The van der Waals surface area contributed by atoms with Gasteiger partial charge in [0.1, 0.15) is 11.4 Å². The average Bonchev–Trinajstić information content (AvgIpc) is 2.97. The minimum atomic E-state index is -0.518. The van der Waals surface area contributed by atoms with Gasteiger partial charge < -0.3 is 15.4 Å². The molecule has 0 radical (unpaired) electrons. The van der Waals surface area contributed by atoms with E-state index in [1.807, 2.05) is 6.07 Å². The number of hydrogen-bond donors (Lipinski definition) is 2. The maximum Gasteiger partial charge on any atom is 0.272 e. The number of ether oxygens (including phenoxy) is 1. The van der Waals surface area contributed by atoms with Crippen molar-refractivity contribution in [2.45, 2.75) is 4.90 Å². The molecule has 0 aromatic heterocycles. The summed E-state index contributed by atoms with van der Waals surface area (Å²) >= 11 is 7.66. The molecule has 0 saturated heterocycles. The lowest BCUT2D eigenvalue weighted by molar-refractivity contribution is -0.113. The second-order valence-corrected chi connectivity index (χ2v) is 9.78. The van der Waals surface area contributed by atoms with Gasteiger partial charge >= 0.3 is 0 Å². The van der Waals surface area contributed by atoms with E-state index in [9.17, 15) is 14.4 Å². The molecule has 196 valence electrons. The Hall–Kier alpha value is -4.33. The molecule has 4 aromatic rings. The van der Waals surface area contributed by atoms with Gasteiger partial charge in [0.05, 0.1) is 12.9 Å². The molecule has 2 amide bonds. The molecule has 0 aliphatic carbocycles. The van der Waals surface area contributed by atoms with Crippen molar-refractivity contribution in [3.63, 3.8) is 0 Å². The van der Waals surface area contributed by atoms with E-state index in [0.717, 1.165) is 4.90 Å². The van der Waals surface area contributed by atoms with Crippen LogP contribution in [-0.4, -0.2) is 30.5 Å². The highest BCUT2D eigenvalue weighted by molar-refractivity contribution is 8.00. The summed E-state index contributed by atoms with van der Waals surface area (Å²) in [4.78, 5) is 39.5. The first kappa shape index (κ1) is 27.7. The Morgan fingerprint density at radius 3 is 2.28 bits per heavy atom. The minimum Gasteiger partial charge on any atom is -0.497 e. The van der Waals surface area contributed by atoms with Crippen molar-refractivity contribution in [3.05, 3.63) is 131 Å². The Labute approximate surface area is 236 Å². The lowest BCUT2D eigenvalue weighted by atomic mass is 10.1. The van der Waals surface area contributed by atoms with Gasteiger partial charge in [-0.2, -0.15) is 0 Å². The van der Waals surface area contributed by atoms with Crippen LogP contribution in [0.4, 0.5) is 5.69 Å². The quantitative estimate of drug-likeness (QED) is 0.128. The summed E-state index contributed by atoms with van der Waals surface area (Å²) in [6.45, 7) is 0. The smallest absolute Gasteiger partial charge is 0.272 e. The molecule has 6 nitrogen and oxygen atoms in total. The van der Waals surface area contributed by atoms with Crippen LogP contribution in [0.3, 0.4) is 0 Å². The van der Waals surface area contributed by atoms with Gasteiger partial charge in [-0.3, -0.25) is 14.4 Å². The number of rotatable bonds is 10. The van der Waals surface area contributed by atoms with Crippen LogP contribution in [0.25, 0.3) is 6.08 Å². The van der Waals surface area contributed by atoms with E-state index in [1.165, 1.54) is 17.8 Å². The highest BCUT2D eigenvalue weighted by atomic mass is 35.5. The molecule has 0 heterocycles. The fourth-order valence-electron chi connectivity index (χ4n) is 3.56. The van der Waals surface area contributed by atoms with Crippen LogP contribution in [0.1, 0.15) is 26.3 Å². The van der Waals surface area contributed by atoms with E-state index in [1.54, 1.807) is 104 Å². The van der Waals surface area contributed by atoms with E-state index in [-0.39, 0.29) is 17.2 Å². The zero-order valence-corrected chi connectivity index (χ0v) is 22.6. The third-order valence-corrected chi connectivity index (χ3v) is 6.95. The molecular weight excluding hydrogens is 532 g/mol. The van der Waals surface area contributed by atoms with E-state index in [4.69, 9.17) is 16.3 Å². The van der Waals surface area contributed by atoms with Gasteiger partial charge in [-0.05, 0) is 72.3 Å². The number of Topliss-reactive ketones (excluding diaryl/α,β-unsaturated/α-hetero) is 1. The average molecular weight is 557 g/mol. The van der Waals surface area contributed by atoms with Crippen molar-refractivity contribution in [2.24, 2.45) is 0 Å². The Morgan fingerprint density at radius 1 is 0.846 bits per heavy atom. The van der Waals surface area contributed by atoms with Gasteiger partial charge in [0, 0.05) is 26.7 Å². The Kier molecular flexibility index (Phi) is 9.56. The Morgan fingerprint density at radius 2 is 1.56 bits per heavy atom. The molecule has 39 heavy (non-hydrogen) atoms. The summed E-state index contributed by atoms with van der Waals surface area (Å²) in [5.74, 6) is -0.0496. The molecule has 0 bridgehead atoms. The van der Waals surface area contributed by atoms with Gasteiger partial charge in [0.2, 0.25) is 0 Å². The third kappa shape index (κ3) is 7.83. The maximum atomic E-state index is 13.3. The van der Waals surface area contributed by atoms with Gasteiger partial charge in [0.15, 0.2) is 5.78 Å². The number of benzene rings is 4. The van der Waals surface area contributed by atoms with Crippen molar-refractivity contribution in [1.82, 2.24) is 5.32 Å². The third-order valence-electron chi connectivity index (χ3n) is 5.61. The van der Waals surface area contributed by atoms with Crippen molar-refractivity contribution < 1.29 is 19.1 Å². The van der Waals surface area contributed by atoms with Gasteiger partial charge in [-0.15, -0.1) is 11.8 Å². The summed E-state index contributed by atoms with van der Waals surface area (Å²) in [5.41, 5.74) is 2.14. The van der Waals surface area contributed by atoms with Crippen molar-refractivity contribution in [1.29, 1.82) is 0 Å². The first-order valence-electron chi connectivity index (χ1n) is 12.0. The van der Waals surface area contributed by atoms with Crippen LogP contribution in [0.5, 0.6) is 5.75 Å². The molecular formula is C31H25ClN2O4S. The number of halogens is 1. The van der Waals surface area contributed by atoms with Gasteiger partial charge in [-0.1, -0.05) is 54.1 Å². The van der Waals surface area contributed by atoms with Crippen molar-refractivity contribution >= 4 is 52.7 Å². The summed E-state index contributed by atoms with van der Waals surface area (Å²) < 4.78 is 5.14. The summed E-state index contributed by atoms with van der Waals surface area (Å²) in [7, 11) is 1.57. The molecule has 4 aromatic carbocycles. The number of ketones is 1. The summed E-state index contributed by atoms with van der Waals surface area (Å²) in [5, 5.41) is 5.98. The number of hydrogen-bond acceptors (Lipinski definition) is 5. The van der Waals surface area contributed by atoms with Crippen LogP contribution in [0, 0.1) is 0 Å². The molecule has 0 saturated carbocycles. The SMILES string of the molecule is COc1ccc(C(=O)CSc2cccc(NC(=O)/C(=C/c3ccccc3Cl)NC(=O)c3ccccc3)c2)cc1. The molecule has 0 fully saturated rings. The van der Waals surface area contributed by atoms with Crippen LogP contribution in [0.2, 0.25) is 5.02 Å². The molecule has 0 aliphatic heterocycles. The zero-order valence-electron chi connectivity index (χ0n) is 21.0. The fraction of sp³-hybridized carbons (Fsp3) is 0.0645. The summed E-state index contributed by atoms with van der Waals surface area (Å²) in [6.07, 6.45) is 1.53. The number of methoxy groups -OCH3 is 1. The number of thioether (sulfide) groups is 1. The first-order chi connectivity index (χ1) is 18.9. The normalized spacial score (nSPS) is 11.0. The lowest BCUT2D eigenvalue weighted by Crippen LogP contribution is -2.30. The molecule has 0 spiro atoms. The van der Waals surface area contributed by atoms with E-state index in [0.29, 0.717) is 33.1 Å². The lowest BCUT2D eigenvalue weighted by Gasteiger charge is -2.12. The number of anilines is 1. The highest BCUT2D eigenvalue weighted by Crippen LogP contribution is 2.24. The predicted octanol–water partition coefficient (Wildman–Crippen LogP) is 6.73. The van der Waals surface area contributed by atoms with Crippen LogP contribution < -0.4 is 15.4 Å². The molecule has 2 N–H and O–H groups in total.